The number of aromatic hydroxyl groups is 1. The second-order valence-electron chi connectivity index (χ2n) is 5.25. The summed E-state index contributed by atoms with van der Waals surface area (Å²) >= 11 is 3.31. The van der Waals surface area contributed by atoms with Crippen LogP contribution in [0.15, 0.2) is 51.7 Å². The number of benzene rings is 2. The lowest BCUT2D eigenvalue weighted by atomic mass is 10.1. The van der Waals surface area contributed by atoms with E-state index in [-0.39, 0.29) is 29.1 Å². The molecule has 0 unspecified atom stereocenters. The van der Waals surface area contributed by atoms with Gasteiger partial charge >= 0.3 is 0 Å². The topological polar surface area (TPSA) is 108 Å². The van der Waals surface area contributed by atoms with Gasteiger partial charge in [-0.3, -0.25) is 9.59 Å². The maximum absolute atomic E-state index is 12.4. The number of phenolic OH excluding ortho intramolecular Hbond substituents is 1. The van der Waals surface area contributed by atoms with E-state index in [1.165, 1.54) is 12.1 Å². The van der Waals surface area contributed by atoms with Crippen molar-refractivity contribution in [3.8, 4) is 5.75 Å². The fraction of sp³-hybridized carbons (Fsp3) is 0.0588. The van der Waals surface area contributed by atoms with Crippen LogP contribution in [0, 0.1) is 0 Å². The number of aromatic amines is 1. The Bertz CT molecular complexity index is 998. The Balaban J connectivity index is 1.94. The molecule has 6 nitrogen and oxygen atoms in total. The minimum absolute atomic E-state index is 0.0848. The lowest BCUT2D eigenvalue weighted by Gasteiger charge is -2.09. The zero-order chi connectivity index (χ0) is 17.3. The van der Waals surface area contributed by atoms with E-state index in [1.54, 1.807) is 30.3 Å². The third-order valence-corrected chi connectivity index (χ3v) is 4.08. The first-order chi connectivity index (χ1) is 11.5. The number of aromatic nitrogens is 1. The van der Waals surface area contributed by atoms with Gasteiger partial charge in [0, 0.05) is 28.0 Å². The van der Waals surface area contributed by atoms with Crippen LogP contribution >= 0.6 is 15.9 Å². The molecule has 2 aromatic carbocycles. The van der Waals surface area contributed by atoms with Crippen molar-refractivity contribution in [3.05, 3.63) is 68.4 Å². The van der Waals surface area contributed by atoms with Crippen LogP contribution in [-0.4, -0.2) is 16.0 Å². The number of carbonyl (C=O) groups is 1. The highest BCUT2D eigenvalue weighted by molar-refractivity contribution is 9.10. The molecule has 0 atom stereocenters. The maximum atomic E-state index is 12.4. The summed E-state index contributed by atoms with van der Waals surface area (Å²) in [5, 5.41) is 13.0. The van der Waals surface area contributed by atoms with Gasteiger partial charge in [-0.05, 0) is 35.9 Å². The van der Waals surface area contributed by atoms with Crippen molar-refractivity contribution < 1.29 is 9.90 Å². The summed E-state index contributed by atoms with van der Waals surface area (Å²) in [6.07, 6.45) is 0. The first-order valence-electron chi connectivity index (χ1n) is 7.14. The number of hydrogen-bond donors (Lipinski definition) is 4. The van der Waals surface area contributed by atoms with Crippen LogP contribution in [0.2, 0.25) is 0 Å². The molecular formula is C17H14BrN3O3. The van der Waals surface area contributed by atoms with Crippen LogP contribution in [0.25, 0.3) is 10.9 Å². The molecule has 0 aliphatic heterocycles. The van der Waals surface area contributed by atoms with Crippen LogP contribution in [0.4, 0.5) is 5.69 Å². The molecule has 3 aromatic rings. The number of amides is 1. The summed E-state index contributed by atoms with van der Waals surface area (Å²) in [5.41, 5.74) is 6.89. The zero-order valence-corrected chi connectivity index (χ0v) is 14.1. The average Bonchev–Trinajstić information content (AvgIpc) is 2.57. The molecule has 0 bridgehead atoms. The number of phenols is 1. The molecule has 0 spiro atoms. The van der Waals surface area contributed by atoms with E-state index in [2.05, 4.69) is 26.2 Å². The minimum Gasteiger partial charge on any atom is -0.506 e. The number of pyridine rings is 1. The lowest BCUT2D eigenvalue weighted by molar-refractivity contribution is 0.102. The van der Waals surface area contributed by atoms with Gasteiger partial charge in [-0.15, -0.1) is 0 Å². The fourth-order valence-electron chi connectivity index (χ4n) is 2.34. The van der Waals surface area contributed by atoms with E-state index in [9.17, 15) is 14.7 Å². The highest BCUT2D eigenvalue weighted by Gasteiger charge is 2.12. The fourth-order valence-corrected chi connectivity index (χ4v) is 2.70. The molecule has 0 aliphatic carbocycles. The van der Waals surface area contributed by atoms with Crippen molar-refractivity contribution in [1.29, 1.82) is 0 Å². The van der Waals surface area contributed by atoms with Gasteiger partial charge in [-0.2, -0.15) is 0 Å². The highest BCUT2D eigenvalue weighted by Crippen LogP contribution is 2.24. The smallest absolute Gasteiger partial charge is 0.272 e. The Morgan fingerprint density at radius 3 is 2.71 bits per heavy atom. The summed E-state index contributed by atoms with van der Waals surface area (Å²) in [4.78, 5) is 27.5. The first kappa shape index (κ1) is 16.2. The third kappa shape index (κ3) is 3.17. The van der Waals surface area contributed by atoms with E-state index in [0.717, 1.165) is 10.0 Å². The van der Waals surface area contributed by atoms with Crippen molar-refractivity contribution in [2.45, 2.75) is 6.54 Å². The summed E-state index contributed by atoms with van der Waals surface area (Å²) in [6, 6.07) is 11.2. The van der Waals surface area contributed by atoms with Gasteiger partial charge in [0.05, 0.1) is 5.69 Å². The Kier molecular flexibility index (Phi) is 4.37. The van der Waals surface area contributed by atoms with Crippen LogP contribution in [0.5, 0.6) is 5.75 Å². The van der Waals surface area contributed by atoms with Crippen LogP contribution in [0.3, 0.4) is 0 Å². The van der Waals surface area contributed by atoms with Gasteiger partial charge in [0.25, 0.3) is 5.91 Å². The highest BCUT2D eigenvalue weighted by atomic mass is 79.9. The van der Waals surface area contributed by atoms with E-state index < -0.39 is 5.91 Å². The molecule has 1 aromatic heterocycles. The van der Waals surface area contributed by atoms with Gasteiger partial charge < -0.3 is 21.1 Å². The number of anilines is 1. The molecule has 3 rings (SSSR count). The quantitative estimate of drug-likeness (QED) is 0.518. The molecule has 0 radical (unpaired) electrons. The summed E-state index contributed by atoms with van der Waals surface area (Å²) < 4.78 is 0.780. The molecule has 122 valence electrons. The van der Waals surface area contributed by atoms with Crippen molar-refractivity contribution >= 4 is 38.4 Å². The van der Waals surface area contributed by atoms with Crippen molar-refractivity contribution in [2.75, 3.05) is 5.32 Å². The second-order valence-corrected chi connectivity index (χ2v) is 6.16. The summed E-state index contributed by atoms with van der Waals surface area (Å²) in [6.45, 7) is 0.287. The van der Waals surface area contributed by atoms with Crippen LogP contribution in [-0.2, 0) is 6.54 Å². The number of hydrogen-bond acceptors (Lipinski definition) is 4. The standard InChI is InChI=1S/C17H14BrN3O3/c18-10-2-4-12-11(6-10)15(22)7-14(20-12)17(24)21-13-3-1-9(8-19)5-16(13)23/h1-7,23H,8,19H2,(H,20,22)(H,21,24). The van der Waals surface area contributed by atoms with Gasteiger partial charge in [-0.1, -0.05) is 22.0 Å². The van der Waals surface area contributed by atoms with Crippen LogP contribution < -0.4 is 16.5 Å². The Hall–Kier alpha value is -2.64. The number of rotatable bonds is 3. The maximum Gasteiger partial charge on any atom is 0.272 e. The largest absolute Gasteiger partial charge is 0.506 e. The Morgan fingerprint density at radius 2 is 2.00 bits per heavy atom. The third-order valence-electron chi connectivity index (χ3n) is 3.58. The molecule has 0 aliphatic rings. The number of fused-ring (bicyclic) bond motifs is 1. The van der Waals surface area contributed by atoms with Gasteiger partial charge in [0.15, 0.2) is 5.43 Å². The second kappa shape index (κ2) is 6.46. The molecular weight excluding hydrogens is 374 g/mol. The molecule has 1 amide bonds. The van der Waals surface area contributed by atoms with E-state index >= 15 is 0 Å². The Labute approximate surface area is 145 Å². The van der Waals surface area contributed by atoms with Gasteiger partial charge in [-0.25, -0.2) is 0 Å². The van der Waals surface area contributed by atoms with Crippen molar-refractivity contribution in [2.24, 2.45) is 5.73 Å². The molecule has 5 N–H and O–H groups in total. The molecule has 0 fully saturated rings. The molecule has 24 heavy (non-hydrogen) atoms. The molecule has 1 heterocycles. The summed E-state index contributed by atoms with van der Waals surface area (Å²) in [7, 11) is 0. The summed E-state index contributed by atoms with van der Waals surface area (Å²) in [5.74, 6) is -0.605. The number of halogens is 1. The predicted molar refractivity (Wildman–Crippen MR) is 96.2 cm³/mol. The molecule has 0 saturated heterocycles. The minimum atomic E-state index is -0.521. The first-order valence-corrected chi connectivity index (χ1v) is 7.93. The van der Waals surface area contributed by atoms with Crippen molar-refractivity contribution in [1.82, 2.24) is 4.98 Å². The van der Waals surface area contributed by atoms with Crippen molar-refractivity contribution in [3.63, 3.8) is 0 Å². The normalized spacial score (nSPS) is 10.8. The van der Waals surface area contributed by atoms with E-state index in [1.807, 2.05) is 0 Å². The molecule has 0 saturated carbocycles. The number of carbonyl (C=O) groups excluding carboxylic acids is 1. The SMILES string of the molecule is NCc1ccc(NC(=O)c2cc(=O)c3cc(Br)ccc3[nH]2)c(O)c1. The number of nitrogens with two attached hydrogens (primary N) is 1. The number of nitrogens with one attached hydrogen (secondary N) is 2. The van der Waals surface area contributed by atoms with Gasteiger partial charge in [0.2, 0.25) is 0 Å². The number of H-pyrrole nitrogens is 1. The lowest BCUT2D eigenvalue weighted by Crippen LogP contribution is -2.17. The predicted octanol–water partition coefficient (Wildman–Crippen LogP) is 2.71. The Morgan fingerprint density at radius 1 is 1.21 bits per heavy atom. The average molecular weight is 388 g/mol. The van der Waals surface area contributed by atoms with E-state index in [0.29, 0.717) is 10.9 Å². The van der Waals surface area contributed by atoms with Crippen LogP contribution in [0.1, 0.15) is 16.1 Å². The zero-order valence-electron chi connectivity index (χ0n) is 12.5. The van der Waals surface area contributed by atoms with E-state index in [4.69, 9.17) is 5.73 Å². The van der Waals surface area contributed by atoms with Gasteiger partial charge in [0.1, 0.15) is 11.4 Å². The monoisotopic (exact) mass is 387 g/mol. The molecule has 7 heteroatoms.